The highest BCUT2D eigenvalue weighted by molar-refractivity contribution is 7.15. The fourth-order valence-corrected chi connectivity index (χ4v) is 2.80. The smallest absolute Gasteiger partial charge is 0.258 e. The van der Waals surface area contributed by atoms with Crippen LogP contribution < -0.4 is 10.3 Å². The summed E-state index contributed by atoms with van der Waals surface area (Å²) in [6.45, 7) is 2.04. The lowest BCUT2D eigenvalue weighted by Crippen LogP contribution is -2.14. The number of nitrogens with zero attached hydrogens (tertiary/aromatic N) is 2. The number of benzene rings is 1. The Morgan fingerprint density at radius 3 is 2.82 bits per heavy atom. The third-order valence-electron chi connectivity index (χ3n) is 3.24. The molecule has 3 aromatic rings. The Hall–Kier alpha value is -2.47. The predicted octanol–water partition coefficient (Wildman–Crippen LogP) is 2.93. The van der Waals surface area contributed by atoms with Gasteiger partial charge in [0.25, 0.3) is 5.56 Å². The van der Waals surface area contributed by atoms with Crippen molar-refractivity contribution in [1.29, 1.82) is 0 Å². The lowest BCUT2D eigenvalue weighted by molar-refractivity contribution is 0.0988. The first-order valence-corrected chi connectivity index (χ1v) is 7.77. The summed E-state index contributed by atoms with van der Waals surface area (Å²) in [6, 6.07) is 8.45. The second kappa shape index (κ2) is 6.11. The molecular formula is C16H14N2O3S. The van der Waals surface area contributed by atoms with E-state index in [2.05, 4.69) is 4.98 Å². The number of rotatable bonds is 5. The number of carbonyl (C=O) groups excluding carboxylic acids is 1. The molecule has 3 rings (SSSR count). The van der Waals surface area contributed by atoms with Gasteiger partial charge in [0.15, 0.2) is 10.7 Å². The van der Waals surface area contributed by atoms with Crippen LogP contribution in [0, 0.1) is 0 Å². The van der Waals surface area contributed by atoms with Crippen molar-refractivity contribution >= 4 is 22.1 Å². The third kappa shape index (κ3) is 2.92. The van der Waals surface area contributed by atoms with Crippen LogP contribution in [0.3, 0.4) is 0 Å². The zero-order chi connectivity index (χ0) is 15.5. The maximum atomic E-state index is 11.9. The summed E-state index contributed by atoms with van der Waals surface area (Å²) in [5, 5.41) is 1.82. The summed E-state index contributed by atoms with van der Waals surface area (Å²) in [5.74, 6) is 0.741. The SMILES string of the molecule is CCC(=O)c1ccc(OCc2cc(=O)n3ccsc3n2)cc1. The van der Waals surface area contributed by atoms with E-state index < -0.39 is 0 Å². The lowest BCUT2D eigenvalue weighted by atomic mass is 10.1. The number of thiazole rings is 1. The van der Waals surface area contributed by atoms with Crippen molar-refractivity contribution in [2.75, 3.05) is 0 Å². The third-order valence-corrected chi connectivity index (χ3v) is 4.00. The van der Waals surface area contributed by atoms with Crippen LogP contribution in [0.4, 0.5) is 0 Å². The molecule has 22 heavy (non-hydrogen) atoms. The van der Waals surface area contributed by atoms with Crippen molar-refractivity contribution < 1.29 is 9.53 Å². The van der Waals surface area contributed by atoms with E-state index in [1.165, 1.54) is 21.8 Å². The number of carbonyl (C=O) groups is 1. The lowest BCUT2D eigenvalue weighted by Gasteiger charge is -2.06. The molecule has 0 bridgehead atoms. The highest BCUT2D eigenvalue weighted by Gasteiger charge is 2.06. The molecule has 2 aromatic heterocycles. The number of hydrogen-bond acceptors (Lipinski definition) is 5. The summed E-state index contributed by atoms with van der Waals surface area (Å²) in [4.78, 5) is 28.4. The molecular weight excluding hydrogens is 300 g/mol. The van der Waals surface area contributed by atoms with Crippen LogP contribution >= 0.6 is 11.3 Å². The van der Waals surface area contributed by atoms with Crippen molar-refractivity contribution in [3.05, 3.63) is 63.5 Å². The van der Waals surface area contributed by atoms with E-state index in [0.717, 1.165) is 0 Å². The molecule has 0 aliphatic carbocycles. The molecule has 0 fully saturated rings. The molecule has 6 heteroatoms. The highest BCUT2D eigenvalue weighted by atomic mass is 32.1. The van der Waals surface area contributed by atoms with Crippen molar-refractivity contribution in [1.82, 2.24) is 9.38 Å². The highest BCUT2D eigenvalue weighted by Crippen LogP contribution is 2.15. The molecule has 0 saturated heterocycles. The Morgan fingerprint density at radius 1 is 1.32 bits per heavy atom. The van der Waals surface area contributed by atoms with E-state index in [4.69, 9.17) is 4.74 Å². The van der Waals surface area contributed by atoms with E-state index in [1.54, 1.807) is 30.5 Å². The van der Waals surface area contributed by atoms with Gasteiger partial charge in [0.2, 0.25) is 0 Å². The quantitative estimate of drug-likeness (QED) is 0.679. The van der Waals surface area contributed by atoms with Gasteiger partial charge in [0.1, 0.15) is 12.4 Å². The van der Waals surface area contributed by atoms with Crippen LogP contribution in [0.1, 0.15) is 29.4 Å². The molecule has 2 heterocycles. The van der Waals surface area contributed by atoms with Gasteiger partial charge >= 0.3 is 0 Å². The van der Waals surface area contributed by atoms with Gasteiger partial charge in [0.05, 0.1) is 5.69 Å². The zero-order valence-corrected chi connectivity index (χ0v) is 12.8. The molecule has 0 aliphatic heterocycles. The molecule has 0 spiro atoms. The molecule has 0 atom stereocenters. The van der Waals surface area contributed by atoms with Crippen LogP contribution in [0.25, 0.3) is 4.96 Å². The monoisotopic (exact) mass is 314 g/mol. The van der Waals surface area contributed by atoms with Crippen molar-refractivity contribution in [2.24, 2.45) is 0 Å². The van der Waals surface area contributed by atoms with Gasteiger partial charge < -0.3 is 4.74 Å². The van der Waals surface area contributed by atoms with E-state index in [1.807, 2.05) is 12.3 Å². The molecule has 112 valence electrons. The second-order valence-corrected chi connectivity index (χ2v) is 5.60. The standard InChI is InChI=1S/C16H14N2O3S/c1-2-14(19)11-3-5-13(6-4-11)21-10-12-9-15(20)18-7-8-22-16(18)17-12/h3-9H,2,10H2,1H3. The van der Waals surface area contributed by atoms with Gasteiger partial charge in [-0.3, -0.25) is 14.0 Å². The Labute approximate surface area is 130 Å². The molecule has 0 radical (unpaired) electrons. The number of hydrogen-bond donors (Lipinski definition) is 0. The van der Waals surface area contributed by atoms with Crippen LogP contribution in [-0.2, 0) is 6.61 Å². The van der Waals surface area contributed by atoms with Gasteiger partial charge in [0, 0.05) is 29.6 Å². The molecule has 0 aliphatic rings. The van der Waals surface area contributed by atoms with Crippen LogP contribution in [-0.4, -0.2) is 15.2 Å². The summed E-state index contributed by atoms with van der Waals surface area (Å²) in [6.07, 6.45) is 2.18. The predicted molar refractivity (Wildman–Crippen MR) is 84.7 cm³/mol. The molecule has 1 aromatic carbocycles. The van der Waals surface area contributed by atoms with E-state index in [0.29, 0.717) is 28.4 Å². The normalized spacial score (nSPS) is 10.8. The minimum atomic E-state index is -0.117. The first-order chi connectivity index (χ1) is 10.7. The average molecular weight is 314 g/mol. The fourth-order valence-electron chi connectivity index (χ4n) is 2.06. The van der Waals surface area contributed by atoms with Gasteiger partial charge in [-0.15, -0.1) is 11.3 Å². The fraction of sp³-hybridized carbons (Fsp3) is 0.188. The second-order valence-electron chi connectivity index (χ2n) is 4.73. The van der Waals surface area contributed by atoms with Gasteiger partial charge in [-0.25, -0.2) is 4.98 Å². The van der Waals surface area contributed by atoms with E-state index in [9.17, 15) is 9.59 Å². The number of Topliss-reactive ketones (excluding diaryl/α,β-unsaturated/α-hetero) is 1. The van der Waals surface area contributed by atoms with Gasteiger partial charge in [-0.1, -0.05) is 6.92 Å². The molecule has 0 saturated carbocycles. The first kappa shape index (κ1) is 14.5. The summed E-state index contributed by atoms with van der Waals surface area (Å²) in [5.41, 5.74) is 1.14. The summed E-state index contributed by atoms with van der Waals surface area (Å²) in [7, 11) is 0. The summed E-state index contributed by atoms with van der Waals surface area (Å²) >= 11 is 1.40. The van der Waals surface area contributed by atoms with Crippen molar-refractivity contribution in [2.45, 2.75) is 20.0 Å². The minimum absolute atomic E-state index is 0.101. The van der Waals surface area contributed by atoms with Crippen LogP contribution in [0.2, 0.25) is 0 Å². The summed E-state index contributed by atoms with van der Waals surface area (Å²) < 4.78 is 7.12. The topological polar surface area (TPSA) is 60.7 Å². The van der Waals surface area contributed by atoms with Gasteiger partial charge in [-0.2, -0.15) is 0 Å². The van der Waals surface area contributed by atoms with Crippen LogP contribution in [0.15, 0.2) is 46.7 Å². The minimum Gasteiger partial charge on any atom is -0.487 e. The van der Waals surface area contributed by atoms with E-state index in [-0.39, 0.29) is 17.9 Å². The maximum Gasteiger partial charge on any atom is 0.258 e. The first-order valence-electron chi connectivity index (χ1n) is 6.89. The van der Waals surface area contributed by atoms with Crippen molar-refractivity contribution in [3.8, 4) is 5.75 Å². The van der Waals surface area contributed by atoms with Gasteiger partial charge in [-0.05, 0) is 24.3 Å². The largest absolute Gasteiger partial charge is 0.487 e. The molecule has 0 amide bonds. The molecule has 0 unspecified atom stereocenters. The number of ether oxygens (including phenoxy) is 1. The Balaban J connectivity index is 1.73. The number of aromatic nitrogens is 2. The Kier molecular flexibility index (Phi) is 4.02. The average Bonchev–Trinajstić information content (AvgIpc) is 3.02. The zero-order valence-electron chi connectivity index (χ0n) is 12.0. The number of fused-ring (bicyclic) bond motifs is 1. The molecule has 0 N–H and O–H groups in total. The number of ketones is 1. The van der Waals surface area contributed by atoms with E-state index >= 15 is 0 Å². The Morgan fingerprint density at radius 2 is 2.09 bits per heavy atom. The van der Waals surface area contributed by atoms with Crippen molar-refractivity contribution in [3.63, 3.8) is 0 Å². The molecule has 5 nitrogen and oxygen atoms in total. The maximum absolute atomic E-state index is 11.9. The Bertz CT molecular complexity index is 865. The van der Waals surface area contributed by atoms with Crippen LogP contribution in [0.5, 0.6) is 5.75 Å².